The normalized spacial score (nSPS) is 10.9. The molecule has 0 atom stereocenters. The van der Waals surface area contributed by atoms with E-state index in [-0.39, 0.29) is 11.6 Å². The Hall–Kier alpha value is -3.24. The molecular formula is C22H20FN5O2S2. The Labute approximate surface area is 192 Å². The number of carbonyl (C=O) groups excluding carboxylic acids is 1. The number of para-hydroxylation sites is 1. The molecule has 0 saturated carbocycles. The van der Waals surface area contributed by atoms with Gasteiger partial charge < -0.3 is 9.30 Å². The molecule has 2 aromatic carbocycles. The highest BCUT2D eigenvalue weighted by Gasteiger charge is 2.21. The quantitative estimate of drug-likeness (QED) is 0.352. The van der Waals surface area contributed by atoms with Crippen LogP contribution in [0.1, 0.15) is 12.6 Å². The highest BCUT2D eigenvalue weighted by Crippen LogP contribution is 2.33. The van der Waals surface area contributed by atoms with Gasteiger partial charge in [0.15, 0.2) is 16.1 Å². The number of methoxy groups -OCH3 is 1. The van der Waals surface area contributed by atoms with Crippen molar-refractivity contribution in [2.24, 2.45) is 7.05 Å². The van der Waals surface area contributed by atoms with Crippen LogP contribution in [-0.4, -0.2) is 32.8 Å². The molecule has 0 radical (unpaired) electrons. The molecule has 32 heavy (non-hydrogen) atoms. The third kappa shape index (κ3) is 4.51. The van der Waals surface area contributed by atoms with Crippen molar-refractivity contribution in [1.29, 1.82) is 0 Å². The number of carbonyl (C=O) groups is 1. The summed E-state index contributed by atoms with van der Waals surface area (Å²) in [6.07, 6.45) is 0. The van der Waals surface area contributed by atoms with Crippen molar-refractivity contribution in [3.8, 4) is 17.1 Å². The zero-order chi connectivity index (χ0) is 22.7. The first-order valence-electron chi connectivity index (χ1n) is 9.64. The lowest BCUT2D eigenvalue weighted by atomic mass is 10.2. The highest BCUT2D eigenvalue weighted by atomic mass is 32.2. The van der Waals surface area contributed by atoms with E-state index in [1.807, 2.05) is 41.3 Å². The maximum absolute atomic E-state index is 14.2. The maximum Gasteiger partial charge on any atom is 0.230 e. The van der Waals surface area contributed by atoms with E-state index in [2.05, 4.69) is 15.2 Å². The molecule has 0 N–H and O–H groups in total. The Morgan fingerprint density at radius 1 is 1.19 bits per heavy atom. The molecule has 0 aliphatic heterocycles. The molecule has 0 fully saturated rings. The van der Waals surface area contributed by atoms with Crippen molar-refractivity contribution >= 4 is 39.8 Å². The molecule has 164 valence electrons. The Balaban J connectivity index is 1.49. The van der Waals surface area contributed by atoms with Crippen molar-refractivity contribution < 1.29 is 13.9 Å². The van der Waals surface area contributed by atoms with Gasteiger partial charge in [-0.25, -0.2) is 9.37 Å². The lowest BCUT2D eigenvalue weighted by Gasteiger charge is -2.18. The zero-order valence-electron chi connectivity index (χ0n) is 17.7. The summed E-state index contributed by atoms with van der Waals surface area (Å²) in [6, 6.07) is 13.8. The Bertz CT molecular complexity index is 1240. The second kappa shape index (κ2) is 9.49. The lowest BCUT2D eigenvalue weighted by molar-refractivity contribution is -0.115. The molecular weight excluding hydrogens is 449 g/mol. The minimum absolute atomic E-state index is 0.186. The van der Waals surface area contributed by atoms with Crippen molar-refractivity contribution in [1.82, 2.24) is 19.7 Å². The first-order chi connectivity index (χ1) is 15.5. The number of thiazole rings is 1. The third-order valence-corrected chi connectivity index (χ3v) is 6.60. The number of hydrogen-bond donors (Lipinski definition) is 0. The monoisotopic (exact) mass is 469 g/mol. The number of aromatic nitrogens is 4. The highest BCUT2D eigenvalue weighted by molar-refractivity contribution is 7.98. The maximum atomic E-state index is 14.2. The Kier molecular flexibility index (Phi) is 6.52. The van der Waals surface area contributed by atoms with E-state index in [0.717, 1.165) is 28.0 Å². The van der Waals surface area contributed by atoms with Gasteiger partial charge in [0.1, 0.15) is 11.6 Å². The van der Waals surface area contributed by atoms with E-state index < -0.39 is 5.82 Å². The topological polar surface area (TPSA) is 73.1 Å². The summed E-state index contributed by atoms with van der Waals surface area (Å²) >= 11 is 2.78. The Morgan fingerprint density at radius 3 is 2.62 bits per heavy atom. The number of benzene rings is 2. The average molecular weight is 470 g/mol. The van der Waals surface area contributed by atoms with Gasteiger partial charge in [-0.2, -0.15) is 0 Å². The van der Waals surface area contributed by atoms with Crippen LogP contribution in [0.3, 0.4) is 0 Å². The van der Waals surface area contributed by atoms with Crippen molar-refractivity contribution in [3.05, 3.63) is 65.4 Å². The predicted octanol–water partition coefficient (Wildman–Crippen LogP) is 5.06. The number of nitrogens with zero attached hydrogens (tertiary/aromatic N) is 5. The lowest BCUT2D eigenvalue weighted by Crippen LogP contribution is -2.23. The van der Waals surface area contributed by atoms with Gasteiger partial charge in [-0.15, -0.1) is 21.5 Å². The van der Waals surface area contributed by atoms with Gasteiger partial charge >= 0.3 is 0 Å². The van der Waals surface area contributed by atoms with E-state index in [1.165, 1.54) is 41.0 Å². The summed E-state index contributed by atoms with van der Waals surface area (Å²) in [5.41, 5.74) is 1.89. The SMILES string of the molecule is COc1ccc(-c2nnc(SCc3csc(N(C(C)=O)c4ccccc4F)n3)n2C)cc1. The molecule has 7 nitrogen and oxygen atoms in total. The first kappa shape index (κ1) is 22.0. The smallest absolute Gasteiger partial charge is 0.230 e. The van der Waals surface area contributed by atoms with Crippen LogP contribution in [0.5, 0.6) is 5.75 Å². The fraction of sp³-hybridized carbons (Fsp3) is 0.182. The van der Waals surface area contributed by atoms with Crippen LogP contribution in [0, 0.1) is 5.82 Å². The van der Waals surface area contributed by atoms with Gasteiger partial charge in [0, 0.05) is 30.7 Å². The third-order valence-electron chi connectivity index (χ3n) is 4.67. The molecule has 1 amide bonds. The van der Waals surface area contributed by atoms with Crippen LogP contribution in [0.4, 0.5) is 15.2 Å². The number of ether oxygens (including phenoxy) is 1. The molecule has 4 rings (SSSR count). The van der Waals surface area contributed by atoms with Crippen LogP contribution < -0.4 is 9.64 Å². The number of halogens is 1. The molecule has 0 spiro atoms. The largest absolute Gasteiger partial charge is 0.497 e. The number of rotatable bonds is 7. The second-order valence-electron chi connectivity index (χ2n) is 6.81. The summed E-state index contributed by atoms with van der Waals surface area (Å²) in [7, 11) is 3.53. The van der Waals surface area contributed by atoms with Crippen molar-refractivity contribution in [2.75, 3.05) is 12.0 Å². The summed E-state index contributed by atoms with van der Waals surface area (Å²) in [4.78, 5) is 18.0. The van der Waals surface area contributed by atoms with Gasteiger partial charge in [0.05, 0.1) is 18.5 Å². The van der Waals surface area contributed by atoms with Gasteiger partial charge in [-0.05, 0) is 36.4 Å². The number of thioether (sulfide) groups is 1. The standard InChI is InChI=1S/C22H20FN5O2S2/c1-14(29)28(19-7-5-4-6-18(19)23)21-24-16(12-31-21)13-32-22-26-25-20(27(22)2)15-8-10-17(30-3)11-9-15/h4-12H,13H2,1-3H3. The molecule has 10 heteroatoms. The van der Waals surface area contributed by atoms with E-state index in [9.17, 15) is 9.18 Å². The summed E-state index contributed by atoms with van der Waals surface area (Å²) in [5, 5.41) is 11.6. The minimum atomic E-state index is -0.473. The van der Waals surface area contributed by atoms with E-state index >= 15 is 0 Å². The van der Waals surface area contributed by atoms with Crippen molar-refractivity contribution in [2.45, 2.75) is 17.8 Å². The predicted molar refractivity (Wildman–Crippen MR) is 124 cm³/mol. The molecule has 4 aromatic rings. The fourth-order valence-corrected chi connectivity index (χ4v) is 4.87. The minimum Gasteiger partial charge on any atom is -0.497 e. The van der Waals surface area contributed by atoms with Crippen LogP contribution >= 0.6 is 23.1 Å². The fourth-order valence-electron chi connectivity index (χ4n) is 3.08. The van der Waals surface area contributed by atoms with Crippen LogP contribution in [-0.2, 0) is 17.6 Å². The summed E-state index contributed by atoms with van der Waals surface area (Å²) in [5.74, 6) is 1.28. The molecule has 0 unspecified atom stereocenters. The van der Waals surface area contributed by atoms with Crippen LogP contribution in [0.25, 0.3) is 11.4 Å². The molecule has 2 heterocycles. The van der Waals surface area contributed by atoms with Gasteiger partial charge in [-0.3, -0.25) is 9.69 Å². The summed E-state index contributed by atoms with van der Waals surface area (Å²) in [6.45, 7) is 1.39. The molecule has 0 saturated heterocycles. The molecule has 0 bridgehead atoms. The van der Waals surface area contributed by atoms with Gasteiger partial charge in [0.2, 0.25) is 5.91 Å². The van der Waals surface area contributed by atoms with E-state index in [0.29, 0.717) is 10.9 Å². The zero-order valence-corrected chi connectivity index (χ0v) is 19.3. The average Bonchev–Trinajstić information content (AvgIpc) is 3.40. The molecule has 2 aromatic heterocycles. The number of hydrogen-bond acceptors (Lipinski definition) is 7. The molecule has 0 aliphatic rings. The van der Waals surface area contributed by atoms with Gasteiger partial charge in [0.25, 0.3) is 0 Å². The molecule has 0 aliphatic carbocycles. The summed E-state index contributed by atoms with van der Waals surface area (Å²) < 4.78 is 21.4. The van der Waals surface area contributed by atoms with E-state index in [4.69, 9.17) is 4.74 Å². The van der Waals surface area contributed by atoms with Crippen LogP contribution in [0.2, 0.25) is 0 Å². The second-order valence-corrected chi connectivity index (χ2v) is 8.59. The number of anilines is 2. The van der Waals surface area contributed by atoms with E-state index in [1.54, 1.807) is 25.3 Å². The van der Waals surface area contributed by atoms with Gasteiger partial charge in [-0.1, -0.05) is 23.9 Å². The van der Waals surface area contributed by atoms with Crippen molar-refractivity contribution in [3.63, 3.8) is 0 Å². The number of amides is 1. The first-order valence-corrected chi connectivity index (χ1v) is 11.5. The Morgan fingerprint density at radius 2 is 1.94 bits per heavy atom. The van der Waals surface area contributed by atoms with Crippen LogP contribution in [0.15, 0.2) is 59.1 Å².